The molecular weight excluding hydrogens is 220 g/mol. The third-order valence-corrected chi connectivity index (χ3v) is 2.63. The van der Waals surface area contributed by atoms with Crippen molar-refractivity contribution < 1.29 is 10.0 Å². The molecule has 0 unspecified atom stereocenters. The van der Waals surface area contributed by atoms with Gasteiger partial charge < -0.3 is 21.2 Å². The predicted molar refractivity (Wildman–Crippen MR) is 68.0 cm³/mol. The molecule has 0 aromatic rings. The lowest BCUT2D eigenvalue weighted by atomic mass is 9.91. The van der Waals surface area contributed by atoms with Gasteiger partial charge in [0.15, 0.2) is 5.84 Å². The Morgan fingerprint density at radius 1 is 1.41 bits per heavy atom. The molecule has 0 spiro atoms. The Morgan fingerprint density at radius 3 is 2.47 bits per heavy atom. The maximum Gasteiger partial charge on any atom is 0.233 e. The molecule has 0 aromatic carbocycles. The van der Waals surface area contributed by atoms with Gasteiger partial charge in [-0.25, -0.2) is 0 Å². The van der Waals surface area contributed by atoms with Crippen LogP contribution in [0.2, 0.25) is 0 Å². The van der Waals surface area contributed by atoms with E-state index in [0.717, 1.165) is 19.4 Å². The van der Waals surface area contributed by atoms with Gasteiger partial charge in [0.1, 0.15) is 5.41 Å². The first kappa shape index (κ1) is 15.7. The fourth-order valence-electron chi connectivity index (χ4n) is 1.22. The van der Waals surface area contributed by atoms with Crippen LogP contribution in [0.3, 0.4) is 0 Å². The van der Waals surface area contributed by atoms with Gasteiger partial charge in [0.05, 0.1) is 0 Å². The highest BCUT2D eigenvalue weighted by molar-refractivity contribution is 6.05. The van der Waals surface area contributed by atoms with E-state index >= 15 is 0 Å². The summed E-state index contributed by atoms with van der Waals surface area (Å²) in [4.78, 5) is 13.9. The molecule has 100 valence electrons. The van der Waals surface area contributed by atoms with Crippen LogP contribution < -0.4 is 11.1 Å². The van der Waals surface area contributed by atoms with E-state index in [1.807, 2.05) is 14.1 Å². The first-order valence-corrected chi connectivity index (χ1v) is 5.73. The van der Waals surface area contributed by atoms with E-state index in [-0.39, 0.29) is 11.7 Å². The molecule has 0 fully saturated rings. The Morgan fingerprint density at radius 2 is 2.00 bits per heavy atom. The monoisotopic (exact) mass is 244 g/mol. The van der Waals surface area contributed by atoms with Crippen LogP contribution in [0.25, 0.3) is 0 Å². The van der Waals surface area contributed by atoms with E-state index in [9.17, 15) is 4.79 Å². The van der Waals surface area contributed by atoms with Crippen LogP contribution in [0.5, 0.6) is 0 Å². The number of hydrogen-bond acceptors (Lipinski definition) is 4. The third kappa shape index (κ3) is 5.53. The summed E-state index contributed by atoms with van der Waals surface area (Å²) in [5.74, 6) is -0.305. The van der Waals surface area contributed by atoms with E-state index in [1.54, 1.807) is 13.8 Å². The van der Waals surface area contributed by atoms with Crippen LogP contribution in [0, 0.1) is 5.41 Å². The minimum Gasteiger partial charge on any atom is -0.409 e. The smallest absolute Gasteiger partial charge is 0.233 e. The molecular formula is C11H24N4O2. The fraction of sp³-hybridized carbons (Fsp3) is 0.818. The topological polar surface area (TPSA) is 91.0 Å². The van der Waals surface area contributed by atoms with Gasteiger partial charge >= 0.3 is 0 Å². The lowest BCUT2D eigenvalue weighted by molar-refractivity contribution is -0.126. The SMILES string of the molecule is CN(C)CCCCNC(=O)C(C)(C)C(N)=NO. The molecule has 0 heterocycles. The van der Waals surface area contributed by atoms with E-state index in [2.05, 4.69) is 15.4 Å². The molecule has 6 nitrogen and oxygen atoms in total. The first-order chi connectivity index (χ1) is 7.82. The van der Waals surface area contributed by atoms with Gasteiger partial charge in [-0.1, -0.05) is 5.16 Å². The van der Waals surface area contributed by atoms with Crippen molar-refractivity contribution in [3.8, 4) is 0 Å². The zero-order valence-electron chi connectivity index (χ0n) is 11.2. The van der Waals surface area contributed by atoms with Gasteiger partial charge in [-0.2, -0.15) is 0 Å². The van der Waals surface area contributed by atoms with Crippen LogP contribution in [0.15, 0.2) is 5.16 Å². The van der Waals surface area contributed by atoms with Crippen LogP contribution in [0.4, 0.5) is 0 Å². The molecule has 4 N–H and O–H groups in total. The highest BCUT2D eigenvalue weighted by Gasteiger charge is 2.32. The average molecular weight is 244 g/mol. The Hall–Kier alpha value is -1.30. The highest BCUT2D eigenvalue weighted by Crippen LogP contribution is 2.14. The normalized spacial score (nSPS) is 12.9. The summed E-state index contributed by atoms with van der Waals surface area (Å²) >= 11 is 0. The second-order valence-electron chi connectivity index (χ2n) is 4.88. The molecule has 0 aromatic heterocycles. The largest absolute Gasteiger partial charge is 0.409 e. The van der Waals surface area contributed by atoms with Crippen molar-refractivity contribution >= 4 is 11.7 Å². The molecule has 1 amide bonds. The number of hydrogen-bond donors (Lipinski definition) is 3. The van der Waals surface area contributed by atoms with Crippen molar-refractivity contribution in [1.29, 1.82) is 0 Å². The van der Waals surface area contributed by atoms with Gasteiger partial charge in [-0.05, 0) is 47.3 Å². The summed E-state index contributed by atoms with van der Waals surface area (Å²) in [7, 11) is 4.03. The zero-order chi connectivity index (χ0) is 13.5. The van der Waals surface area contributed by atoms with Crippen molar-refractivity contribution in [2.45, 2.75) is 26.7 Å². The summed E-state index contributed by atoms with van der Waals surface area (Å²) in [6, 6.07) is 0. The summed E-state index contributed by atoms with van der Waals surface area (Å²) in [5.41, 5.74) is 4.48. The van der Waals surface area contributed by atoms with E-state index < -0.39 is 5.41 Å². The maximum absolute atomic E-state index is 11.8. The number of nitrogens with one attached hydrogen (secondary N) is 1. The lowest BCUT2D eigenvalue weighted by Crippen LogP contribution is -2.46. The number of unbranched alkanes of at least 4 members (excludes halogenated alkanes) is 1. The summed E-state index contributed by atoms with van der Waals surface area (Å²) < 4.78 is 0. The van der Waals surface area contributed by atoms with Gasteiger partial charge in [0.25, 0.3) is 0 Å². The average Bonchev–Trinajstić information content (AvgIpc) is 2.26. The molecule has 0 saturated carbocycles. The van der Waals surface area contributed by atoms with Crippen molar-refractivity contribution in [3.05, 3.63) is 0 Å². The maximum atomic E-state index is 11.8. The number of amides is 1. The van der Waals surface area contributed by atoms with Gasteiger partial charge in [0.2, 0.25) is 5.91 Å². The fourth-order valence-corrected chi connectivity index (χ4v) is 1.22. The van der Waals surface area contributed by atoms with Crippen molar-refractivity contribution in [1.82, 2.24) is 10.2 Å². The number of oxime groups is 1. The molecule has 17 heavy (non-hydrogen) atoms. The summed E-state index contributed by atoms with van der Waals surface area (Å²) in [5, 5.41) is 14.2. The third-order valence-electron chi connectivity index (χ3n) is 2.63. The number of nitrogens with zero attached hydrogens (tertiary/aromatic N) is 2. The highest BCUT2D eigenvalue weighted by atomic mass is 16.4. The summed E-state index contributed by atoms with van der Waals surface area (Å²) in [6.07, 6.45) is 1.94. The van der Waals surface area contributed by atoms with E-state index in [4.69, 9.17) is 10.9 Å². The minimum absolute atomic E-state index is 0.0803. The van der Waals surface area contributed by atoms with Crippen molar-refractivity contribution in [3.63, 3.8) is 0 Å². The molecule has 0 saturated heterocycles. The Balaban J connectivity index is 3.94. The molecule has 6 heteroatoms. The molecule has 0 aliphatic carbocycles. The summed E-state index contributed by atoms with van der Waals surface area (Å²) in [6.45, 7) is 4.85. The van der Waals surface area contributed by atoms with Crippen LogP contribution >= 0.6 is 0 Å². The molecule has 0 rings (SSSR count). The minimum atomic E-state index is -0.976. The molecule has 0 aliphatic rings. The first-order valence-electron chi connectivity index (χ1n) is 5.73. The number of amidine groups is 1. The number of carbonyl (C=O) groups excluding carboxylic acids is 1. The van der Waals surface area contributed by atoms with Crippen molar-refractivity contribution in [2.24, 2.45) is 16.3 Å². The standard InChI is InChI=1S/C11H24N4O2/c1-11(2,9(12)14-17)10(16)13-7-5-6-8-15(3)4/h17H,5-8H2,1-4H3,(H2,12,14)(H,13,16). The number of carbonyl (C=O) groups is 1. The quantitative estimate of drug-likeness (QED) is 0.196. The van der Waals surface area contributed by atoms with Gasteiger partial charge in [0, 0.05) is 6.54 Å². The lowest BCUT2D eigenvalue weighted by Gasteiger charge is -2.21. The van der Waals surface area contributed by atoms with E-state index in [0.29, 0.717) is 6.54 Å². The Bertz CT molecular complexity index is 275. The molecule has 0 atom stereocenters. The second kappa shape index (κ2) is 7.11. The van der Waals surface area contributed by atoms with Crippen LogP contribution in [-0.2, 0) is 4.79 Å². The second-order valence-corrected chi connectivity index (χ2v) is 4.88. The number of rotatable bonds is 7. The predicted octanol–water partition coefficient (Wildman–Crippen LogP) is 0.217. The molecule has 0 aliphatic heterocycles. The van der Waals surface area contributed by atoms with Crippen LogP contribution in [-0.4, -0.2) is 49.0 Å². The number of nitrogens with two attached hydrogens (primary N) is 1. The Kier molecular flexibility index (Phi) is 6.57. The van der Waals surface area contributed by atoms with Gasteiger partial charge in [-0.3, -0.25) is 4.79 Å². The molecule has 0 bridgehead atoms. The van der Waals surface area contributed by atoms with Crippen LogP contribution in [0.1, 0.15) is 26.7 Å². The van der Waals surface area contributed by atoms with Gasteiger partial charge in [-0.15, -0.1) is 0 Å². The van der Waals surface area contributed by atoms with E-state index in [1.165, 1.54) is 0 Å². The zero-order valence-corrected chi connectivity index (χ0v) is 11.2. The Labute approximate surface area is 103 Å². The van der Waals surface area contributed by atoms with Crippen molar-refractivity contribution in [2.75, 3.05) is 27.2 Å². The molecule has 0 radical (unpaired) electrons.